The summed E-state index contributed by atoms with van der Waals surface area (Å²) in [6.07, 6.45) is 8.28. The lowest BCUT2D eigenvalue weighted by Gasteiger charge is -2.33. The molecule has 2 aliphatic rings. The number of nitrogens with one attached hydrogen (secondary N) is 1. The molecule has 0 radical (unpaired) electrons. The van der Waals surface area contributed by atoms with Crippen LogP contribution in [0.4, 0.5) is 0 Å². The van der Waals surface area contributed by atoms with E-state index < -0.39 is 0 Å². The smallest absolute Gasteiger partial charge is 0.0233 e. The van der Waals surface area contributed by atoms with Gasteiger partial charge in [-0.2, -0.15) is 0 Å². The molecule has 1 N–H and O–H groups in total. The summed E-state index contributed by atoms with van der Waals surface area (Å²) >= 11 is 0. The highest BCUT2D eigenvalue weighted by Crippen LogP contribution is 2.27. The van der Waals surface area contributed by atoms with Crippen LogP contribution in [0.15, 0.2) is 24.3 Å². The molecule has 1 aromatic carbocycles. The number of hydrogen-bond acceptors (Lipinski definition) is 2. The standard InChI is InChI=1S/C19H30N2/c1-15-6-10-19(11-7-15)21(2)14-17-5-3-4-16(12-17)13-20-18-8-9-18/h3-5,12,15,18-20H,6-11,13-14H2,1-2H3. The first-order valence-corrected chi connectivity index (χ1v) is 8.72. The zero-order chi connectivity index (χ0) is 14.7. The molecule has 0 atom stereocenters. The third-order valence-electron chi connectivity index (χ3n) is 5.20. The first-order valence-electron chi connectivity index (χ1n) is 8.72. The van der Waals surface area contributed by atoms with Crippen molar-refractivity contribution < 1.29 is 0 Å². The van der Waals surface area contributed by atoms with E-state index in [1.165, 1.54) is 49.7 Å². The summed E-state index contributed by atoms with van der Waals surface area (Å²) in [7, 11) is 2.30. The van der Waals surface area contributed by atoms with Crippen molar-refractivity contribution in [1.82, 2.24) is 10.2 Å². The van der Waals surface area contributed by atoms with Gasteiger partial charge in [0.25, 0.3) is 0 Å². The van der Waals surface area contributed by atoms with Gasteiger partial charge in [-0.25, -0.2) is 0 Å². The van der Waals surface area contributed by atoms with Crippen LogP contribution in [0.1, 0.15) is 56.6 Å². The molecule has 2 aliphatic carbocycles. The summed E-state index contributed by atoms with van der Waals surface area (Å²) < 4.78 is 0. The minimum Gasteiger partial charge on any atom is -0.310 e. The molecule has 2 heteroatoms. The number of nitrogens with zero attached hydrogens (tertiary/aromatic N) is 1. The lowest BCUT2D eigenvalue weighted by molar-refractivity contribution is 0.164. The molecule has 0 heterocycles. The highest BCUT2D eigenvalue weighted by Gasteiger charge is 2.22. The fraction of sp³-hybridized carbons (Fsp3) is 0.684. The fourth-order valence-corrected chi connectivity index (χ4v) is 3.49. The van der Waals surface area contributed by atoms with Gasteiger partial charge in [-0.15, -0.1) is 0 Å². The van der Waals surface area contributed by atoms with Crippen molar-refractivity contribution in [3.63, 3.8) is 0 Å². The molecule has 116 valence electrons. The monoisotopic (exact) mass is 286 g/mol. The van der Waals surface area contributed by atoms with Gasteiger partial charge >= 0.3 is 0 Å². The van der Waals surface area contributed by atoms with Crippen LogP contribution in [0, 0.1) is 5.92 Å². The second kappa shape index (κ2) is 6.93. The van der Waals surface area contributed by atoms with Gasteiger partial charge in [0.1, 0.15) is 0 Å². The van der Waals surface area contributed by atoms with Crippen LogP contribution in [0.5, 0.6) is 0 Å². The predicted molar refractivity (Wildman–Crippen MR) is 89.2 cm³/mol. The summed E-state index contributed by atoms with van der Waals surface area (Å²) in [6, 6.07) is 10.7. The van der Waals surface area contributed by atoms with Gasteiger partial charge in [-0.05, 0) is 62.6 Å². The zero-order valence-corrected chi connectivity index (χ0v) is 13.6. The Kier molecular flexibility index (Phi) is 4.97. The molecule has 0 bridgehead atoms. The van der Waals surface area contributed by atoms with E-state index in [-0.39, 0.29) is 0 Å². The molecule has 3 rings (SSSR count). The molecule has 2 fully saturated rings. The Hall–Kier alpha value is -0.860. The van der Waals surface area contributed by atoms with Gasteiger partial charge in [-0.3, -0.25) is 4.90 Å². The van der Waals surface area contributed by atoms with E-state index in [1.807, 2.05) is 0 Å². The summed E-state index contributed by atoms with van der Waals surface area (Å²) in [4.78, 5) is 2.57. The number of rotatable bonds is 6. The van der Waals surface area contributed by atoms with Crippen LogP contribution in [0.2, 0.25) is 0 Å². The molecule has 0 aromatic heterocycles. The lowest BCUT2D eigenvalue weighted by Crippen LogP contribution is -2.34. The van der Waals surface area contributed by atoms with Gasteiger partial charge in [0.15, 0.2) is 0 Å². The molecular formula is C19H30N2. The van der Waals surface area contributed by atoms with E-state index in [4.69, 9.17) is 0 Å². The lowest BCUT2D eigenvalue weighted by atomic mass is 9.86. The van der Waals surface area contributed by atoms with Crippen LogP contribution in [-0.2, 0) is 13.1 Å². The highest BCUT2D eigenvalue weighted by molar-refractivity contribution is 5.23. The average Bonchev–Trinajstić information content (AvgIpc) is 3.30. The van der Waals surface area contributed by atoms with E-state index >= 15 is 0 Å². The summed E-state index contributed by atoms with van der Waals surface area (Å²) in [5.41, 5.74) is 2.90. The number of benzene rings is 1. The first kappa shape index (κ1) is 15.1. The van der Waals surface area contributed by atoms with E-state index in [9.17, 15) is 0 Å². The molecule has 1 aromatic rings. The van der Waals surface area contributed by atoms with Crippen molar-refractivity contribution in [2.24, 2.45) is 5.92 Å². The summed E-state index contributed by atoms with van der Waals surface area (Å²) in [6.45, 7) is 4.52. The van der Waals surface area contributed by atoms with Gasteiger partial charge in [0.05, 0.1) is 0 Å². The Balaban J connectivity index is 1.52. The van der Waals surface area contributed by atoms with Crippen molar-refractivity contribution >= 4 is 0 Å². The topological polar surface area (TPSA) is 15.3 Å². The molecule has 0 unspecified atom stereocenters. The molecule has 2 saturated carbocycles. The van der Waals surface area contributed by atoms with Crippen molar-refractivity contribution in [3.8, 4) is 0 Å². The largest absolute Gasteiger partial charge is 0.310 e. The molecular weight excluding hydrogens is 256 g/mol. The quantitative estimate of drug-likeness (QED) is 0.852. The Bertz CT molecular complexity index is 445. The van der Waals surface area contributed by atoms with Crippen LogP contribution in [-0.4, -0.2) is 24.0 Å². The third-order valence-corrected chi connectivity index (χ3v) is 5.20. The van der Waals surface area contributed by atoms with E-state index in [2.05, 4.69) is 48.5 Å². The Morgan fingerprint density at radius 1 is 1.05 bits per heavy atom. The van der Waals surface area contributed by atoms with Crippen LogP contribution >= 0.6 is 0 Å². The summed E-state index contributed by atoms with van der Waals surface area (Å²) in [5.74, 6) is 0.937. The van der Waals surface area contributed by atoms with Crippen LogP contribution in [0.25, 0.3) is 0 Å². The molecule has 0 amide bonds. The Morgan fingerprint density at radius 2 is 1.76 bits per heavy atom. The molecule has 0 aliphatic heterocycles. The van der Waals surface area contributed by atoms with E-state index in [0.29, 0.717) is 0 Å². The van der Waals surface area contributed by atoms with Crippen molar-refractivity contribution in [1.29, 1.82) is 0 Å². The second-order valence-corrected chi connectivity index (χ2v) is 7.30. The Morgan fingerprint density at radius 3 is 2.48 bits per heavy atom. The molecule has 2 nitrogen and oxygen atoms in total. The third kappa shape index (κ3) is 4.55. The van der Waals surface area contributed by atoms with Gasteiger partial charge in [0.2, 0.25) is 0 Å². The fourth-order valence-electron chi connectivity index (χ4n) is 3.49. The maximum Gasteiger partial charge on any atom is 0.0233 e. The van der Waals surface area contributed by atoms with E-state index in [0.717, 1.165) is 31.1 Å². The van der Waals surface area contributed by atoms with Crippen molar-refractivity contribution in [2.75, 3.05) is 7.05 Å². The minimum atomic E-state index is 0.787. The normalized spacial score (nSPS) is 26.2. The average molecular weight is 286 g/mol. The summed E-state index contributed by atoms with van der Waals surface area (Å²) in [5, 5.41) is 3.61. The molecule has 0 saturated heterocycles. The van der Waals surface area contributed by atoms with Crippen LogP contribution in [0.3, 0.4) is 0 Å². The zero-order valence-electron chi connectivity index (χ0n) is 13.6. The number of hydrogen-bond donors (Lipinski definition) is 1. The molecule has 0 spiro atoms. The van der Waals surface area contributed by atoms with Gasteiger partial charge in [0, 0.05) is 25.2 Å². The maximum atomic E-state index is 3.61. The predicted octanol–water partition coefficient (Wildman–Crippen LogP) is 3.95. The highest BCUT2D eigenvalue weighted by atomic mass is 15.1. The SMILES string of the molecule is CC1CCC(N(C)Cc2cccc(CNC3CC3)c2)CC1. The van der Waals surface area contributed by atoms with Gasteiger partial charge < -0.3 is 5.32 Å². The van der Waals surface area contributed by atoms with Gasteiger partial charge in [-0.1, -0.05) is 31.2 Å². The van der Waals surface area contributed by atoms with Crippen molar-refractivity contribution in [3.05, 3.63) is 35.4 Å². The minimum absolute atomic E-state index is 0.787. The molecule has 21 heavy (non-hydrogen) atoms. The van der Waals surface area contributed by atoms with Crippen LogP contribution < -0.4 is 5.32 Å². The maximum absolute atomic E-state index is 3.61. The van der Waals surface area contributed by atoms with E-state index in [1.54, 1.807) is 0 Å². The second-order valence-electron chi connectivity index (χ2n) is 7.30. The Labute approximate surface area is 129 Å². The van der Waals surface area contributed by atoms with Crippen molar-refractivity contribution in [2.45, 2.75) is 70.6 Å². The first-order chi connectivity index (χ1) is 10.2.